The number of ether oxygens (including phenoxy) is 1. The molecule has 0 bridgehead atoms. The topological polar surface area (TPSA) is 87.0 Å². The van der Waals surface area contributed by atoms with Gasteiger partial charge in [0.1, 0.15) is 11.9 Å². The third kappa shape index (κ3) is 1.50. The zero-order valence-electron chi connectivity index (χ0n) is 5.60. The summed E-state index contributed by atoms with van der Waals surface area (Å²) in [7, 11) is 0. The highest BCUT2D eigenvalue weighted by molar-refractivity contribution is 5.85. The predicted molar refractivity (Wildman–Crippen MR) is 33.7 cm³/mol. The van der Waals surface area contributed by atoms with Crippen LogP contribution in [0.15, 0.2) is 11.8 Å². The van der Waals surface area contributed by atoms with Crippen molar-refractivity contribution >= 4 is 5.97 Å². The van der Waals surface area contributed by atoms with Gasteiger partial charge in [0.25, 0.3) is 0 Å². The SMILES string of the molecule is O=C1C=C(O)C([C@@H](O)CO)O1. The lowest BCUT2D eigenvalue weighted by atomic mass is 10.2. The van der Waals surface area contributed by atoms with E-state index in [-0.39, 0.29) is 5.76 Å². The molecule has 3 N–H and O–H groups in total. The van der Waals surface area contributed by atoms with E-state index < -0.39 is 24.8 Å². The van der Waals surface area contributed by atoms with E-state index >= 15 is 0 Å². The molecule has 0 saturated heterocycles. The minimum atomic E-state index is -1.25. The lowest BCUT2D eigenvalue weighted by Crippen LogP contribution is -2.31. The van der Waals surface area contributed by atoms with Gasteiger partial charge < -0.3 is 20.1 Å². The molecule has 1 unspecified atom stereocenters. The minimum Gasteiger partial charge on any atom is -0.508 e. The number of rotatable bonds is 2. The van der Waals surface area contributed by atoms with Crippen LogP contribution in [0.5, 0.6) is 0 Å². The van der Waals surface area contributed by atoms with Crippen molar-refractivity contribution in [2.24, 2.45) is 0 Å². The van der Waals surface area contributed by atoms with Crippen molar-refractivity contribution in [3.8, 4) is 0 Å². The van der Waals surface area contributed by atoms with Gasteiger partial charge in [0.15, 0.2) is 6.10 Å². The monoisotopic (exact) mass is 160 g/mol. The molecule has 62 valence electrons. The second kappa shape index (κ2) is 2.89. The summed E-state index contributed by atoms with van der Waals surface area (Å²) in [5.74, 6) is -1.06. The highest BCUT2D eigenvalue weighted by Crippen LogP contribution is 2.15. The maximum Gasteiger partial charge on any atom is 0.335 e. The van der Waals surface area contributed by atoms with Gasteiger partial charge in [-0.3, -0.25) is 0 Å². The van der Waals surface area contributed by atoms with E-state index in [4.69, 9.17) is 15.3 Å². The zero-order chi connectivity index (χ0) is 8.43. The van der Waals surface area contributed by atoms with Crippen LogP contribution in [-0.2, 0) is 9.53 Å². The summed E-state index contributed by atoms with van der Waals surface area (Å²) in [6.07, 6.45) is -1.49. The first-order chi connectivity index (χ1) is 5.15. The largest absolute Gasteiger partial charge is 0.508 e. The molecule has 0 aromatic heterocycles. The Morgan fingerprint density at radius 3 is 2.73 bits per heavy atom. The van der Waals surface area contributed by atoms with Crippen LogP contribution < -0.4 is 0 Å². The van der Waals surface area contributed by atoms with Crippen LogP contribution in [0.1, 0.15) is 0 Å². The Balaban J connectivity index is 2.63. The summed E-state index contributed by atoms with van der Waals surface area (Å²) in [5, 5.41) is 26.2. The van der Waals surface area contributed by atoms with Gasteiger partial charge in [-0.15, -0.1) is 0 Å². The average molecular weight is 160 g/mol. The molecule has 0 aliphatic carbocycles. The average Bonchev–Trinajstić information content (AvgIpc) is 2.28. The summed E-state index contributed by atoms with van der Waals surface area (Å²) in [5.41, 5.74) is 0. The van der Waals surface area contributed by atoms with E-state index in [1.807, 2.05) is 0 Å². The first kappa shape index (κ1) is 8.03. The molecule has 5 heteroatoms. The highest BCUT2D eigenvalue weighted by Gasteiger charge is 2.31. The fraction of sp³-hybridized carbons (Fsp3) is 0.500. The van der Waals surface area contributed by atoms with Crippen molar-refractivity contribution in [2.75, 3.05) is 6.61 Å². The summed E-state index contributed by atoms with van der Waals surface area (Å²) in [4.78, 5) is 10.4. The van der Waals surface area contributed by atoms with E-state index in [1.54, 1.807) is 0 Å². The lowest BCUT2D eigenvalue weighted by molar-refractivity contribution is -0.145. The van der Waals surface area contributed by atoms with Crippen LogP contribution >= 0.6 is 0 Å². The molecule has 0 aromatic rings. The summed E-state index contributed by atoms with van der Waals surface area (Å²) in [6, 6.07) is 0. The van der Waals surface area contributed by atoms with Gasteiger partial charge in [-0.05, 0) is 0 Å². The van der Waals surface area contributed by atoms with Crippen LogP contribution in [0.25, 0.3) is 0 Å². The van der Waals surface area contributed by atoms with E-state index in [1.165, 1.54) is 0 Å². The van der Waals surface area contributed by atoms with Crippen LogP contribution in [-0.4, -0.2) is 40.1 Å². The molecule has 0 aromatic carbocycles. The maximum absolute atomic E-state index is 10.4. The quantitative estimate of drug-likeness (QED) is 0.437. The van der Waals surface area contributed by atoms with E-state index in [2.05, 4.69) is 4.74 Å². The number of aliphatic hydroxyl groups excluding tert-OH is 3. The Kier molecular flexibility index (Phi) is 2.11. The Bertz CT molecular complexity index is 197. The van der Waals surface area contributed by atoms with Gasteiger partial charge >= 0.3 is 5.97 Å². The third-order valence-electron chi connectivity index (χ3n) is 1.34. The number of cyclic esters (lactones) is 1. The summed E-state index contributed by atoms with van der Waals surface area (Å²) < 4.78 is 4.43. The Labute approximate surface area is 62.5 Å². The van der Waals surface area contributed by atoms with Gasteiger partial charge in [-0.2, -0.15) is 0 Å². The smallest absolute Gasteiger partial charge is 0.335 e. The highest BCUT2D eigenvalue weighted by atomic mass is 16.6. The zero-order valence-corrected chi connectivity index (χ0v) is 5.60. The molecule has 11 heavy (non-hydrogen) atoms. The van der Waals surface area contributed by atoms with Crippen LogP contribution in [0.4, 0.5) is 0 Å². The van der Waals surface area contributed by atoms with Crippen molar-refractivity contribution in [2.45, 2.75) is 12.2 Å². The molecule has 1 rings (SSSR count). The van der Waals surface area contributed by atoms with Crippen molar-refractivity contribution in [1.82, 2.24) is 0 Å². The molecule has 0 spiro atoms. The second-order valence-corrected chi connectivity index (χ2v) is 2.18. The third-order valence-corrected chi connectivity index (χ3v) is 1.34. The van der Waals surface area contributed by atoms with E-state index in [0.29, 0.717) is 0 Å². The van der Waals surface area contributed by atoms with Crippen molar-refractivity contribution in [1.29, 1.82) is 0 Å². The standard InChI is InChI=1S/C6H8O5/c7-2-4(9)6-3(8)1-5(10)11-6/h1,4,6-9H,2H2/t4-,6?/m0/s1. The number of hydrogen-bond donors (Lipinski definition) is 3. The predicted octanol–water partition coefficient (Wildman–Crippen LogP) is -1.29. The lowest BCUT2D eigenvalue weighted by Gasteiger charge is -2.14. The molecule has 0 fully saturated rings. The number of hydrogen-bond acceptors (Lipinski definition) is 5. The normalized spacial score (nSPS) is 26.2. The van der Waals surface area contributed by atoms with Crippen LogP contribution in [0.3, 0.4) is 0 Å². The van der Waals surface area contributed by atoms with Gasteiger partial charge in [-0.1, -0.05) is 0 Å². The van der Waals surface area contributed by atoms with E-state index in [9.17, 15) is 4.79 Å². The fourth-order valence-corrected chi connectivity index (χ4v) is 0.794. The Morgan fingerprint density at radius 2 is 2.36 bits per heavy atom. The van der Waals surface area contributed by atoms with Crippen molar-refractivity contribution < 1.29 is 24.9 Å². The number of aliphatic hydroxyl groups is 3. The van der Waals surface area contributed by atoms with Crippen molar-refractivity contribution in [3.05, 3.63) is 11.8 Å². The fourth-order valence-electron chi connectivity index (χ4n) is 0.794. The Hall–Kier alpha value is -1.07. The Morgan fingerprint density at radius 1 is 1.73 bits per heavy atom. The number of esters is 1. The van der Waals surface area contributed by atoms with Gasteiger partial charge in [0.05, 0.1) is 12.7 Å². The van der Waals surface area contributed by atoms with E-state index in [0.717, 1.165) is 6.08 Å². The molecule has 1 heterocycles. The van der Waals surface area contributed by atoms with Gasteiger partial charge in [0.2, 0.25) is 0 Å². The minimum absolute atomic E-state index is 0.350. The summed E-state index contributed by atoms with van der Waals surface area (Å²) >= 11 is 0. The first-order valence-electron chi connectivity index (χ1n) is 3.05. The molecule has 1 aliphatic rings. The number of carbonyl (C=O) groups is 1. The first-order valence-corrected chi connectivity index (χ1v) is 3.05. The van der Waals surface area contributed by atoms with Crippen LogP contribution in [0.2, 0.25) is 0 Å². The van der Waals surface area contributed by atoms with Gasteiger partial charge in [-0.25, -0.2) is 4.79 Å². The molecule has 2 atom stereocenters. The second-order valence-electron chi connectivity index (χ2n) is 2.18. The van der Waals surface area contributed by atoms with Crippen LogP contribution in [0, 0.1) is 0 Å². The van der Waals surface area contributed by atoms with Crippen molar-refractivity contribution in [3.63, 3.8) is 0 Å². The molecule has 0 radical (unpaired) electrons. The molecule has 0 saturated carbocycles. The molecular formula is C6H8O5. The molecule has 1 aliphatic heterocycles. The maximum atomic E-state index is 10.4. The molecule has 0 amide bonds. The number of carbonyl (C=O) groups excluding carboxylic acids is 1. The van der Waals surface area contributed by atoms with Gasteiger partial charge in [0, 0.05) is 0 Å². The summed E-state index contributed by atoms with van der Waals surface area (Å²) in [6.45, 7) is -0.560. The molecule has 5 nitrogen and oxygen atoms in total. The molecular weight excluding hydrogens is 152 g/mol.